The van der Waals surface area contributed by atoms with Gasteiger partial charge in [-0.15, -0.1) is 0 Å². The fourth-order valence-electron chi connectivity index (χ4n) is 3.48. The van der Waals surface area contributed by atoms with E-state index < -0.39 is 0 Å². The molecule has 3 rings (SSSR count). The standard InChI is InChI=1S/C19H26FN3O2/c1-2-22-7-9-23(10-8-22)18-6-4-15(12-17(18)20)19(25)21-16-5-3-14(11-16)13-24/h3-6,12,14,16,24H,2,7-11,13H2,1H3,(H,21,25)/t14-,16+/m0/s1. The second kappa shape index (κ2) is 7.97. The summed E-state index contributed by atoms with van der Waals surface area (Å²) in [6.07, 6.45) is 4.48. The monoisotopic (exact) mass is 347 g/mol. The Bertz CT molecular complexity index is 642. The van der Waals surface area contributed by atoms with Gasteiger partial charge in [-0.25, -0.2) is 4.39 Å². The lowest BCUT2D eigenvalue weighted by Gasteiger charge is -2.35. The van der Waals surface area contributed by atoms with E-state index in [1.54, 1.807) is 12.1 Å². The third-order valence-electron chi connectivity index (χ3n) is 5.09. The first-order chi connectivity index (χ1) is 12.1. The molecular formula is C19H26FN3O2. The second-order valence-electron chi connectivity index (χ2n) is 6.73. The van der Waals surface area contributed by atoms with Gasteiger partial charge in [0.1, 0.15) is 5.82 Å². The Hall–Kier alpha value is -1.92. The van der Waals surface area contributed by atoms with Crippen LogP contribution in [0.2, 0.25) is 0 Å². The van der Waals surface area contributed by atoms with Crippen LogP contribution in [0.5, 0.6) is 0 Å². The maximum atomic E-state index is 14.5. The lowest BCUT2D eigenvalue weighted by Crippen LogP contribution is -2.46. The van der Waals surface area contributed by atoms with Gasteiger partial charge in [0, 0.05) is 50.3 Å². The number of aliphatic hydroxyl groups is 1. The first-order valence-corrected chi connectivity index (χ1v) is 8.97. The number of nitrogens with zero attached hydrogens (tertiary/aromatic N) is 2. The molecule has 0 radical (unpaired) electrons. The molecular weight excluding hydrogens is 321 g/mol. The van der Waals surface area contributed by atoms with Gasteiger partial charge in [0.2, 0.25) is 0 Å². The maximum Gasteiger partial charge on any atom is 0.251 e. The summed E-state index contributed by atoms with van der Waals surface area (Å²) >= 11 is 0. The van der Waals surface area contributed by atoms with Gasteiger partial charge in [0.05, 0.1) is 5.69 Å². The molecule has 5 nitrogen and oxygen atoms in total. The molecule has 2 N–H and O–H groups in total. The van der Waals surface area contributed by atoms with Crippen molar-refractivity contribution in [3.8, 4) is 0 Å². The summed E-state index contributed by atoms with van der Waals surface area (Å²) in [6, 6.07) is 4.60. The van der Waals surface area contributed by atoms with Gasteiger partial charge >= 0.3 is 0 Å². The van der Waals surface area contributed by atoms with Crippen LogP contribution in [-0.4, -0.2) is 61.3 Å². The number of likely N-dealkylation sites (N-methyl/N-ethyl adjacent to an activating group) is 1. The van der Waals surface area contributed by atoms with Crippen LogP contribution in [0.3, 0.4) is 0 Å². The van der Waals surface area contributed by atoms with Gasteiger partial charge in [0.25, 0.3) is 5.91 Å². The molecule has 1 aromatic rings. The quantitative estimate of drug-likeness (QED) is 0.795. The third-order valence-corrected chi connectivity index (χ3v) is 5.09. The van der Waals surface area contributed by atoms with Crippen LogP contribution in [0, 0.1) is 11.7 Å². The molecule has 25 heavy (non-hydrogen) atoms. The summed E-state index contributed by atoms with van der Waals surface area (Å²) in [5.74, 6) is -0.548. The first kappa shape index (κ1) is 17.9. The fraction of sp³-hybridized carbons (Fsp3) is 0.526. The normalized spacial score (nSPS) is 23.9. The molecule has 0 spiro atoms. The predicted octanol–water partition coefficient (Wildman–Crippen LogP) is 1.63. The summed E-state index contributed by atoms with van der Waals surface area (Å²) in [7, 11) is 0. The Morgan fingerprint density at radius 1 is 1.28 bits per heavy atom. The summed E-state index contributed by atoms with van der Waals surface area (Å²) in [6.45, 7) is 6.68. The van der Waals surface area contributed by atoms with E-state index in [0.29, 0.717) is 17.7 Å². The summed E-state index contributed by atoms with van der Waals surface area (Å²) in [5.41, 5.74) is 0.891. The Morgan fingerprint density at radius 3 is 2.64 bits per heavy atom. The van der Waals surface area contributed by atoms with E-state index in [9.17, 15) is 9.18 Å². The van der Waals surface area contributed by atoms with E-state index in [1.165, 1.54) is 6.07 Å². The van der Waals surface area contributed by atoms with Crippen LogP contribution in [0.4, 0.5) is 10.1 Å². The van der Waals surface area contributed by atoms with E-state index in [4.69, 9.17) is 5.11 Å². The molecule has 1 aliphatic carbocycles. The highest BCUT2D eigenvalue weighted by Gasteiger charge is 2.22. The van der Waals surface area contributed by atoms with Gasteiger partial charge in [-0.3, -0.25) is 4.79 Å². The van der Waals surface area contributed by atoms with Crippen molar-refractivity contribution in [2.24, 2.45) is 5.92 Å². The van der Waals surface area contributed by atoms with Crippen LogP contribution in [0.25, 0.3) is 0 Å². The van der Waals surface area contributed by atoms with Gasteiger partial charge in [-0.05, 0) is 31.2 Å². The number of hydrogen-bond donors (Lipinski definition) is 2. The van der Waals surface area contributed by atoms with E-state index in [0.717, 1.165) is 32.7 Å². The SMILES string of the molecule is CCN1CCN(c2ccc(C(=O)N[C@@H]3C=C[C@H](CO)C3)cc2F)CC1. The van der Waals surface area contributed by atoms with E-state index in [-0.39, 0.29) is 30.3 Å². The van der Waals surface area contributed by atoms with Gasteiger partial charge in [-0.1, -0.05) is 19.1 Å². The van der Waals surface area contributed by atoms with Gasteiger partial charge < -0.3 is 20.2 Å². The number of aliphatic hydroxyl groups excluding tert-OH is 1. The van der Waals surface area contributed by atoms with Crippen molar-refractivity contribution in [3.63, 3.8) is 0 Å². The Kier molecular flexibility index (Phi) is 5.71. The lowest BCUT2D eigenvalue weighted by molar-refractivity contribution is 0.0940. The number of anilines is 1. The zero-order chi connectivity index (χ0) is 17.8. The molecule has 0 unspecified atom stereocenters. The number of piperazine rings is 1. The lowest BCUT2D eigenvalue weighted by atomic mass is 10.1. The number of benzene rings is 1. The van der Waals surface area contributed by atoms with Crippen LogP contribution in [0.15, 0.2) is 30.4 Å². The Morgan fingerprint density at radius 2 is 2.04 bits per heavy atom. The minimum Gasteiger partial charge on any atom is -0.396 e. The van der Waals surface area contributed by atoms with Crippen molar-refractivity contribution in [2.45, 2.75) is 19.4 Å². The molecule has 0 bridgehead atoms. The molecule has 1 heterocycles. The minimum absolute atomic E-state index is 0.0808. The number of nitrogens with one attached hydrogen (secondary N) is 1. The Balaban J connectivity index is 1.62. The van der Waals surface area contributed by atoms with E-state index >= 15 is 0 Å². The summed E-state index contributed by atoms with van der Waals surface area (Å²) in [5, 5.41) is 12.0. The predicted molar refractivity (Wildman–Crippen MR) is 96.3 cm³/mol. The van der Waals surface area contributed by atoms with Crippen LogP contribution in [0.1, 0.15) is 23.7 Å². The molecule has 1 aromatic carbocycles. The topological polar surface area (TPSA) is 55.8 Å². The van der Waals surface area contributed by atoms with Gasteiger partial charge in [0.15, 0.2) is 0 Å². The van der Waals surface area contributed by atoms with Crippen molar-refractivity contribution < 1.29 is 14.3 Å². The maximum absolute atomic E-state index is 14.5. The van der Waals surface area contributed by atoms with E-state index in [1.807, 2.05) is 17.1 Å². The average Bonchev–Trinajstić information content (AvgIpc) is 3.09. The third kappa shape index (κ3) is 4.19. The number of halogens is 1. The van der Waals surface area contributed by atoms with Crippen molar-refractivity contribution in [1.29, 1.82) is 0 Å². The largest absolute Gasteiger partial charge is 0.396 e. The Labute approximate surface area is 148 Å². The number of carbonyl (C=O) groups excluding carboxylic acids is 1. The molecule has 1 aliphatic heterocycles. The molecule has 6 heteroatoms. The van der Waals surface area contributed by atoms with Crippen molar-refractivity contribution in [3.05, 3.63) is 41.7 Å². The number of hydrogen-bond acceptors (Lipinski definition) is 4. The highest BCUT2D eigenvalue weighted by Crippen LogP contribution is 2.23. The molecule has 1 saturated heterocycles. The zero-order valence-electron chi connectivity index (χ0n) is 14.6. The van der Waals surface area contributed by atoms with Gasteiger partial charge in [-0.2, -0.15) is 0 Å². The molecule has 1 fully saturated rings. The molecule has 0 aromatic heterocycles. The average molecular weight is 347 g/mol. The number of rotatable bonds is 5. The van der Waals surface area contributed by atoms with Crippen molar-refractivity contribution in [1.82, 2.24) is 10.2 Å². The molecule has 2 aliphatic rings. The molecule has 1 amide bonds. The summed E-state index contributed by atoms with van der Waals surface area (Å²) in [4.78, 5) is 16.7. The van der Waals surface area contributed by atoms with Crippen LogP contribution >= 0.6 is 0 Å². The second-order valence-corrected chi connectivity index (χ2v) is 6.73. The van der Waals surface area contributed by atoms with E-state index in [2.05, 4.69) is 17.1 Å². The van der Waals surface area contributed by atoms with Crippen molar-refractivity contribution >= 4 is 11.6 Å². The summed E-state index contributed by atoms with van der Waals surface area (Å²) < 4.78 is 14.5. The molecule has 0 saturated carbocycles. The molecule has 2 atom stereocenters. The molecule has 136 valence electrons. The van der Waals surface area contributed by atoms with Crippen molar-refractivity contribution in [2.75, 3.05) is 44.2 Å². The zero-order valence-corrected chi connectivity index (χ0v) is 14.6. The smallest absolute Gasteiger partial charge is 0.251 e. The van der Waals surface area contributed by atoms with Crippen LogP contribution < -0.4 is 10.2 Å². The first-order valence-electron chi connectivity index (χ1n) is 8.97. The van der Waals surface area contributed by atoms with Crippen LogP contribution in [-0.2, 0) is 0 Å². The number of carbonyl (C=O) groups is 1. The highest BCUT2D eigenvalue weighted by atomic mass is 19.1. The highest BCUT2D eigenvalue weighted by molar-refractivity contribution is 5.95. The minimum atomic E-state index is -0.354. The number of amides is 1. The fourth-order valence-corrected chi connectivity index (χ4v) is 3.48.